The van der Waals surface area contributed by atoms with Crippen molar-refractivity contribution in [1.29, 1.82) is 0 Å². The number of nitrogens with two attached hydrogens (primary N) is 1. The van der Waals surface area contributed by atoms with E-state index >= 15 is 0 Å². The first-order valence-electron chi connectivity index (χ1n) is 8.95. The summed E-state index contributed by atoms with van der Waals surface area (Å²) in [5, 5.41) is 0. The van der Waals surface area contributed by atoms with Crippen molar-refractivity contribution >= 4 is 18.3 Å². The fraction of sp³-hybridized carbons (Fsp3) is 0.632. The van der Waals surface area contributed by atoms with Gasteiger partial charge in [0.05, 0.1) is 13.2 Å². The smallest absolute Gasteiger partial charge is 0.239 e. The second-order valence-electron chi connectivity index (χ2n) is 6.85. The van der Waals surface area contributed by atoms with Gasteiger partial charge in [-0.05, 0) is 55.2 Å². The van der Waals surface area contributed by atoms with E-state index in [4.69, 9.17) is 15.2 Å². The zero-order valence-electron chi connectivity index (χ0n) is 14.9. The Morgan fingerprint density at radius 2 is 1.92 bits per heavy atom. The van der Waals surface area contributed by atoms with Gasteiger partial charge in [0.15, 0.2) is 0 Å². The average Bonchev–Trinajstić information content (AvgIpc) is 2.67. The standard InChI is InChI=1S/C19H28N2O3.ClH/c1-23-17-4-2-3-16(13-17)14-5-9-21(10-6-14)19(22)18(20)15-7-11-24-12-8-15;/h2-4,13-15,18H,5-12,20H2,1H3;1H. The first-order chi connectivity index (χ1) is 11.7. The van der Waals surface area contributed by atoms with Crippen molar-refractivity contribution in [3.05, 3.63) is 29.8 Å². The number of likely N-dealkylation sites (tertiary alicyclic amines) is 1. The highest BCUT2D eigenvalue weighted by Gasteiger charge is 2.32. The van der Waals surface area contributed by atoms with Crippen molar-refractivity contribution < 1.29 is 14.3 Å². The van der Waals surface area contributed by atoms with Crippen LogP contribution in [0.4, 0.5) is 0 Å². The molecule has 2 aliphatic rings. The summed E-state index contributed by atoms with van der Waals surface area (Å²) in [5.41, 5.74) is 7.54. The van der Waals surface area contributed by atoms with Crippen LogP contribution in [0.3, 0.4) is 0 Å². The SMILES string of the molecule is COc1cccc(C2CCN(C(=O)C(N)C3CCOCC3)CC2)c1.Cl. The molecular weight excluding hydrogens is 340 g/mol. The minimum absolute atomic E-state index is 0. The Morgan fingerprint density at radius 1 is 1.24 bits per heavy atom. The van der Waals surface area contributed by atoms with Crippen LogP contribution in [0.25, 0.3) is 0 Å². The molecule has 25 heavy (non-hydrogen) atoms. The second-order valence-corrected chi connectivity index (χ2v) is 6.85. The maximum atomic E-state index is 12.7. The molecule has 1 aromatic rings. The Labute approximate surface area is 156 Å². The molecule has 0 aliphatic carbocycles. The molecule has 2 fully saturated rings. The summed E-state index contributed by atoms with van der Waals surface area (Å²) >= 11 is 0. The molecule has 1 amide bonds. The van der Waals surface area contributed by atoms with Crippen molar-refractivity contribution in [2.45, 2.75) is 37.6 Å². The number of carbonyl (C=O) groups excluding carboxylic acids is 1. The molecule has 0 bridgehead atoms. The normalized spacial score (nSPS) is 20.6. The highest BCUT2D eigenvalue weighted by Crippen LogP contribution is 2.30. The van der Waals surface area contributed by atoms with Crippen LogP contribution in [0.1, 0.15) is 37.2 Å². The van der Waals surface area contributed by atoms with Crippen LogP contribution >= 0.6 is 12.4 Å². The lowest BCUT2D eigenvalue weighted by atomic mass is 9.87. The number of hydrogen-bond acceptors (Lipinski definition) is 4. The van der Waals surface area contributed by atoms with Gasteiger partial charge < -0.3 is 20.1 Å². The van der Waals surface area contributed by atoms with E-state index in [9.17, 15) is 4.79 Å². The van der Waals surface area contributed by atoms with Gasteiger partial charge >= 0.3 is 0 Å². The van der Waals surface area contributed by atoms with Gasteiger partial charge in [-0.25, -0.2) is 0 Å². The Balaban J connectivity index is 0.00000225. The van der Waals surface area contributed by atoms with E-state index in [0.29, 0.717) is 5.92 Å². The van der Waals surface area contributed by atoms with E-state index in [1.165, 1.54) is 5.56 Å². The summed E-state index contributed by atoms with van der Waals surface area (Å²) in [6, 6.07) is 7.89. The molecule has 0 aromatic heterocycles. The number of amides is 1. The number of carbonyl (C=O) groups is 1. The number of piperidine rings is 1. The molecule has 2 heterocycles. The fourth-order valence-electron chi connectivity index (χ4n) is 3.82. The summed E-state index contributed by atoms with van der Waals surface area (Å²) in [6.45, 7) is 3.03. The lowest BCUT2D eigenvalue weighted by Gasteiger charge is -2.36. The Bertz CT molecular complexity index is 555. The number of methoxy groups -OCH3 is 1. The van der Waals surface area contributed by atoms with Crippen LogP contribution in [0.2, 0.25) is 0 Å². The van der Waals surface area contributed by atoms with E-state index in [0.717, 1.165) is 57.7 Å². The van der Waals surface area contributed by atoms with Crippen LogP contribution < -0.4 is 10.5 Å². The molecule has 2 N–H and O–H groups in total. The quantitative estimate of drug-likeness (QED) is 0.887. The third-order valence-corrected chi connectivity index (χ3v) is 5.43. The first kappa shape index (κ1) is 20.0. The Hall–Kier alpha value is -1.30. The maximum Gasteiger partial charge on any atom is 0.239 e. The summed E-state index contributed by atoms with van der Waals surface area (Å²) in [5.74, 6) is 1.77. The third kappa shape index (κ3) is 4.87. The van der Waals surface area contributed by atoms with E-state index < -0.39 is 0 Å². The maximum absolute atomic E-state index is 12.7. The molecule has 1 unspecified atom stereocenters. The summed E-state index contributed by atoms with van der Waals surface area (Å²) in [6.07, 6.45) is 3.76. The first-order valence-corrected chi connectivity index (χ1v) is 8.95. The van der Waals surface area contributed by atoms with Gasteiger partial charge in [0.1, 0.15) is 5.75 Å². The predicted molar refractivity (Wildman–Crippen MR) is 100 cm³/mol. The number of hydrogen-bond donors (Lipinski definition) is 1. The number of halogens is 1. The van der Waals surface area contributed by atoms with Crippen molar-refractivity contribution in [3.63, 3.8) is 0 Å². The van der Waals surface area contributed by atoms with Gasteiger partial charge in [-0.2, -0.15) is 0 Å². The average molecular weight is 369 g/mol. The van der Waals surface area contributed by atoms with E-state index in [-0.39, 0.29) is 30.3 Å². The lowest BCUT2D eigenvalue weighted by Crippen LogP contribution is -2.51. The highest BCUT2D eigenvalue weighted by atomic mass is 35.5. The monoisotopic (exact) mass is 368 g/mol. The van der Waals surface area contributed by atoms with Gasteiger partial charge in [-0.3, -0.25) is 4.79 Å². The second kappa shape index (κ2) is 9.41. The zero-order valence-corrected chi connectivity index (χ0v) is 15.7. The number of nitrogens with zero attached hydrogens (tertiary/aromatic N) is 1. The third-order valence-electron chi connectivity index (χ3n) is 5.43. The molecule has 140 valence electrons. The molecule has 5 nitrogen and oxygen atoms in total. The van der Waals surface area contributed by atoms with Crippen molar-refractivity contribution in [2.75, 3.05) is 33.4 Å². The number of rotatable bonds is 4. The van der Waals surface area contributed by atoms with Crippen molar-refractivity contribution in [1.82, 2.24) is 4.90 Å². The van der Waals surface area contributed by atoms with Gasteiger partial charge in [0.25, 0.3) is 0 Å². The van der Waals surface area contributed by atoms with Crippen LogP contribution in [-0.4, -0.2) is 50.3 Å². The van der Waals surface area contributed by atoms with E-state index in [1.54, 1.807) is 7.11 Å². The van der Waals surface area contributed by atoms with E-state index in [1.807, 2.05) is 17.0 Å². The molecule has 6 heteroatoms. The van der Waals surface area contributed by atoms with Crippen molar-refractivity contribution in [3.8, 4) is 5.75 Å². The minimum Gasteiger partial charge on any atom is -0.497 e. The molecular formula is C19H29ClN2O3. The molecule has 2 aliphatic heterocycles. The molecule has 0 saturated carbocycles. The van der Waals surface area contributed by atoms with Crippen LogP contribution in [0.5, 0.6) is 5.75 Å². The fourth-order valence-corrected chi connectivity index (χ4v) is 3.82. The van der Waals surface area contributed by atoms with Crippen LogP contribution in [-0.2, 0) is 9.53 Å². The topological polar surface area (TPSA) is 64.8 Å². The van der Waals surface area contributed by atoms with Gasteiger partial charge in [0, 0.05) is 26.3 Å². The molecule has 0 radical (unpaired) electrons. The van der Waals surface area contributed by atoms with Gasteiger partial charge in [-0.15, -0.1) is 12.4 Å². The summed E-state index contributed by atoms with van der Waals surface area (Å²) < 4.78 is 10.7. The lowest BCUT2D eigenvalue weighted by molar-refractivity contribution is -0.135. The summed E-state index contributed by atoms with van der Waals surface area (Å²) in [7, 11) is 1.69. The highest BCUT2D eigenvalue weighted by molar-refractivity contribution is 5.85. The number of benzene rings is 1. The Morgan fingerprint density at radius 3 is 2.56 bits per heavy atom. The number of ether oxygens (including phenoxy) is 2. The minimum atomic E-state index is -0.373. The molecule has 1 aromatic carbocycles. The van der Waals surface area contributed by atoms with Crippen molar-refractivity contribution in [2.24, 2.45) is 11.7 Å². The molecule has 2 saturated heterocycles. The van der Waals surface area contributed by atoms with Gasteiger partial charge in [0.2, 0.25) is 5.91 Å². The summed E-state index contributed by atoms with van der Waals surface area (Å²) in [4.78, 5) is 14.6. The molecule has 0 spiro atoms. The largest absolute Gasteiger partial charge is 0.497 e. The van der Waals surface area contributed by atoms with Crippen LogP contribution in [0.15, 0.2) is 24.3 Å². The van der Waals surface area contributed by atoms with E-state index in [2.05, 4.69) is 12.1 Å². The molecule has 3 rings (SSSR count). The van der Waals surface area contributed by atoms with Crippen LogP contribution in [0, 0.1) is 5.92 Å². The predicted octanol–water partition coefficient (Wildman–Crippen LogP) is 2.58. The Kier molecular flexibility index (Phi) is 7.54. The zero-order chi connectivity index (χ0) is 16.9. The molecule has 1 atom stereocenters. The van der Waals surface area contributed by atoms with Gasteiger partial charge in [-0.1, -0.05) is 12.1 Å².